The minimum atomic E-state index is -0.553. The fraction of sp³-hybridized carbons (Fsp3) is 0.917. The molecule has 0 aromatic carbocycles. The van der Waals surface area contributed by atoms with Crippen LogP contribution in [0.15, 0.2) is 0 Å². The van der Waals surface area contributed by atoms with Gasteiger partial charge in [0.25, 0.3) is 0 Å². The van der Waals surface area contributed by atoms with Crippen molar-refractivity contribution >= 4 is 5.97 Å². The first-order valence-electron chi connectivity index (χ1n) is 5.86. The molecular formula is C12H20O2. The van der Waals surface area contributed by atoms with Crippen LogP contribution in [0.25, 0.3) is 0 Å². The molecule has 0 aromatic rings. The van der Waals surface area contributed by atoms with E-state index in [1.165, 1.54) is 25.7 Å². The number of fused-ring (bicyclic) bond motifs is 1. The molecule has 2 heteroatoms. The van der Waals surface area contributed by atoms with Gasteiger partial charge in [0, 0.05) is 0 Å². The highest BCUT2D eigenvalue weighted by atomic mass is 16.4. The van der Waals surface area contributed by atoms with Crippen LogP contribution in [-0.4, -0.2) is 11.1 Å². The summed E-state index contributed by atoms with van der Waals surface area (Å²) in [4.78, 5) is 11.2. The molecule has 0 aliphatic heterocycles. The number of carboxylic acids is 1. The zero-order valence-electron chi connectivity index (χ0n) is 8.96. The Balaban J connectivity index is 2.18. The van der Waals surface area contributed by atoms with Crippen molar-refractivity contribution in [2.45, 2.75) is 51.9 Å². The van der Waals surface area contributed by atoms with Gasteiger partial charge in [0.2, 0.25) is 0 Å². The summed E-state index contributed by atoms with van der Waals surface area (Å²) in [5, 5.41) is 9.19. The number of hydrogen-bond donors (Lipinski definition) is 1. The average molecular weight is 196 g/mol. The van der Waals surface area contributed by atoms with Crippen molar-refractivity contribution in [3.05, 3.63) is 0 Å². The van der Waals surface area contributed by atoms with E-state index in [0.717, 1.165) is 19.3 Å². The third-order valence-corrected chi connectivity index (χ3v) is 4.47. The molecule has 0 amide bonds. The summed E-state index contributed by atoms with van der Waals surface area (Å²) in [7, 11) is 0. The standard InChI is InChI=1S/C12H20O2/c1-12-7-3-2-6-10(12)9(11(13)14)5-4-8-12/h9-10H,2-8H2,1H3,(H,13,14)/t9-,10+,12+/m0/s1. The van der Waals surface area contributed by atoms with Gasteiger partial charge in [-0.3, -0.25) is 4.79 Å². The Morgan fingerprint density at radius 2 is 1.93 bits per heavy atom. The molecule has 0 spiro atoms. The van der Waals surface area contributed by atoms with Crippen LogP contribution in [0.1, 0.15) is 51.9 Å². The van der Waals surface area contributed by atoms with Crippen molar-refractivity contribution in [3.8, 4) is 0 Å². The molecule has 1 N–H and O–H groups in total. The quantitative estimate of drug-likeness (QED) is 0.699. The molecule has 0 radical (unpaired) electrons. The molecule has 14 heavy (non-hydrogen) atoms. The smallest absolute Gasteiger partial charge is 0.306 e. The summed E-state index contributed by atoms with van der Waals surface area (Å²) in [5.41, 5.74) is 0.347. The molecule has 0 saturated heterocycles. The third kappa shape index (κ3) is 1.55. The zero-order chi connectivity index (χ0) is 10.2. The molecule has 2 aliphatic rings. The van der Waals surface area contributed by atoms with Crippen LogP contribution < -0.4 is 0 Å². The van der Waals surface area contributed by atoms with E-state index in [9.17, 15) is 9.90 Å². The third-order valence-electron chi connectivity index (χ3n) is 4.47. The van der Waals surface area contributed by atoms with E-state index in [2.05, 4.69) is 6.92 Å². The summed E-state index contributed by atoms with van der Waals surface area (Å²) in [6.07, 6.45) is 8.22. The molecule has 2 nitrogen and oxygen atoms in total. The van der Waals surface area contributed by atoms with Gasteiger partial charge in [-0.05, 0) is 37.0 Å². The van der Waals surface area contributed by atoms with E-state index in [1.807, 2.05) is 0 Å². The minimum Gasteiger partial charge on any atom is -0.481 e. The van der Waals surface area contributed by atoms with Gasteiger partial charge in [0.1, 0.15) is 0 Å². The van der Waals surface area contributed by atoms with E-state index in [0.29, 0.717) is 11.3 Å². The van der Waals surface area contributed by atoms with Crippen molar-refractivity contribution in [2.75, 3.05) is 0 Å². The van der Waals surface area contributed by atoms with Gasteiger partial charge in [0.05, 0.1) is 5.92 Å². The molecule has 2 fully saturated rings. The van der Waals surface area contributed by atoms with Gasteiger partial charge >= 0.3 is 5.97 Å². The first-order chi connectivity index (χ1) is 6.63. The van der Waals surface area contributed by atoms with Gasteiger partial charge in [0.15, 0.2) is 0 Å². The SMILES string of the molecule is C[C@]12CCCC[C@@H]1[C@@H](C(=O)O)CCC2. The monoisotopic (exact) mass is 196 g/mol. The van der Waals surface area contributed by atoms with Gasteiger partial charge in [-0.1, -0.05) is 26.2 Å². The van der Waals surface area contributed by atoms with E-state index >= 15 is 0 Å². The molecule has 3 atom stereocenters. The van der Waals surface area contributed by atoms with E-state index in [4.69, 9.17) is 0 Å². The topological polar surface area (TPSA) is 37.3 Å². The minimum absolute atomic E-state index is 0.0472. The van der Waals surface area contributed by atoms with Gasteiger partial charge < -0.3 is 5.11 Å². The highest BCUT2D eigenvalue weighted by molar-refractivity contribution is 5.70. The Morgan fingerprint density at radius 1 is 1.21 bits per heavy atom. The van der Waals surface area contributed by atoms with Gasteiger partial charge in [-0.2, -0.15) is 0 Å². The van der Waals surface area contributed by atoms with Crippen molar-refractivity contribution in [1.29, 1.82) is 0 Å². The molecule has 2 aliphatic carbocycles. The van der Waals surface area contributed by atoms with Crippen LogP contribution in [0.3, 0.4) is 0 Å². The van der Waals surface area contributed by atoms with E-state index in [-0.39, 0.29) is 5.92 Å². The van der Waals surface area contributed by atoms with Crippen LogP contribution in [-0.2, 0) is 4.79 Å². The molecule has 0 aromatic heterocycles. The van der Waals surface area contributed by atoms with Crippen molar-refractivity contribution < 1.29 is 9.90 Å². The number of hydrogen-bond acceptors (Lipinski definition) is 1. The summed E-state index contributed by atoms with van der Waals surface area (Å²) >= 11 is 0. The normalized spacial score (nSPS) is 42.9. The lowest BCUT2D eigenvalue weighted by Gasteiger charge is -2.48. The lowest BCUT2D eigenvalue weighted by Crippen LogP contribution is -2.42. The Morgan fingerprint density at radius 3 is 2.64 bits per heavy atom. The molecular weight excluding hydrogens is 176 g/mol. The molecule has 2 rings (SSSR count). The second-order valence-corrected chi connectivity index (χ2v) is 5.34. The van der Waals surface area contributed by atoms with Gasteiger partial charge in [-0.25, -0.2) is 0 Å². The lowest BCUT2D eigenvalue weighted by atomic mass is 9.57. The van der Waals surface area contributed by atoms with Crippen molar-refractivity contribution in [1.82, 2.24) is 0 Å². The Hall–Kier alpha value is -0.530. The average Bonchev–Trinajstić information content (AvgIpc) is 2.15. The Kier molecular flexibility index (Phi) is 2.54. The molecule has 0 heterocycles. The highest BCUT2D eigenvalue weighted by Crippen LogP contribution is 2.52. The van der Waals surface area contributed by atoms with Crippen LogP contribution in [0.5, 0.6) is 0 Å². The Bertz CT molecular complexity index is 232. The Labute approximate surface area is 85.7 Å². The number of carbonyl (C=O) groups is 1. The summed E-state index contributed by atoms with van der Waals surface area (Å²) in [5.74, 6) is -0.139. The second kappa shape index (κ2) is 3.56. The molecule has 0 unspecified atom stereocenters. The largest absolute Gasteiger partial charge is 0.481 e. The van der Waals surface area contributed by atoms with Crippen molar-refractivity contribution in [3.63, 3.8) is 0 Å². The fourth-order valence-electron chi connectivity index (χ4n) is 3.65. The van der Waals surface area contributed by atoms with Crippen LogP contribution >= 0.6 is 0 Å². The summed E-state index contributed by atoms with van der Waals surface area (Å²) < 4.78 is 0. The van der Waals surface area contributed by atoms with Crippen LogP contribution in [0, 0.1) is 17.3 Å². The first kappa shape index (κ1) is 10.0. The molecule has 0 bridgehead atoms. The maximum atomic E-state index is 11.2. The maximum Gasteiger partial charge on any atom is 0.306 e. The van der Waals surface area contributed by atoms with E-state index in [1.54, 1.807) is 0 Å². The second-order valence-electron chi connectivity index (χ2n) is 5.34. The first-order valence-corrected chi connectivity index (χ1v) is 5.86. The van der Waals surface area contributed by atoms with Crippen LogP contribution in [0.2, 0.25) is 0 Å². The number of aliphatic carboxylic acids is 1. The highest BCUT2D eigenvalue weighted by Gasteiger charge is 2.45. The lowest BCUT2D eigenvalue weighted by molar-refractivity contribution is -0.149. The number of carboxylic acid groups (broad SMARTS) is 1. The summed E-state index contributed by atoms with van der Waals surface area (Å²) in [6.45, 7) is 2.31. The molecule has 80 valence electrons. The molecule has 2 saturated carbocycles. The summed E-state index contributed by atoms with van der Waals surface area (Å²) in [6, 6.07) is 0. The predicted molar refractivity (Wildman–Crippen MR) is 55.0 cm³/mol. The number of rotatable bonds is 1. The predicted octanol–water partition coefficient (Wildman–Crippen LogP) is 3.07. The van der Waals surface area contributed by atoms with Crippen molar-refractivity contribution in [2.24, 2.45) is 17.3 Å². The zero-order valence-corrected chi connectivity index (χ0v) is 8.96. The fourth-order valence-corrected chi connectivity index (χ4v) is 3.65. The van der Waals surface area contributed by atoms with Crippen LogP contribution in [0.4, 0.5) is 0 Å². The maximum absolute atomic E-state index is 11.2. The van der Waals surface area contributed by atoms with E-state index < -0.39 is 5.97 Å². The van der Waals surface area contributed by atoms with Gasteiger partial charge in [-0.15, -0.1) is 0 Å².